The molecule has 0 aliphatic heterocycles. The molecule has 0 radical (unpaired) electrons. The first-order valence-corrected chi connectivity index (χ1v) is 8.74. The maximum absolute atomic E-state index is 13.5. The number of pyridine rings is 1. The standard InChI is InChI=1S/C20H15F4N3O/c1-2-11-3-5-13-14(7-8-25-17(13)9-11)18-26-19(28-27-18)12-4-6-16(21)15(10-12)20(22,23)24/h3-8,10-11H,2,9H2,1H3/t11-/m1/s1. The number of allylic oxidation sites excluding steroid dienone is 1. The van der Waals surface area contributed by atoms with Gasteiger partial charge in [-0.15, -0.1) is 0 Å². The monoisotopic (exact) mass is 389 g/mol. The summed E-state index contributed by atoms with van der Waals surface area (Å²) in [7, 11) is 0. The van der Waals surface area contributed by atoms with Gasteiger partial charge in [-0.05, 0) is 43.0 Å². The van der Waals surface area contributed by atoms with Crippen LogP contribution in [0.2, 0.25) is 0 Å². The zero-order chi connectivity index (χ0) is 19.9. The molecular weight excluding hydrogens is 374 g/mol. The summed E-state index contributed by atoms with van der Waals surface area (Å²) < 4.78 is 57.5. The number of alkyl halides is 3. The van der Waals surface area contributed by atoms with Gasteiger partial charge in [-0.25, -0.2) is 4.39 Å². The van der Waals surface area contributed by atoms with Crippen LogP contribution in [0.25, 0.3) is 28.9 Å². The van der Waals surface area contributed by atoms with E-state index in [-0.39, 0.29) is 17.3 Å². The Labute approximate surface area is 157 Å². The third-order valence-electron chi connectivity index (χ3n) is 4.77. The summed E-state index contributed by atoms with van der Waals surface area (Å²) in [4.78, 5) is 8.63. The van der Waals surface area contributed by atoms with Gasteiger partial charge in [-0.1, -0.05) is 24.2 Å². The number of nitrogens with zero attached hydrogens (tertiary/aromatic N) is 3. The topological polar surface area (TPSA) is 51.8 Å². The molecule has 0 amide bonds. The highest BCUT2D eigenvalue weighted by atomic mass is 19.4. The minimum atomic E-state index is -4.81. The summed E-state index contributed by atoms with van der Waals surface area (Å²) in [6, 6.07) is 4.32. The number of aromatic nitrogens is 3. The van der Waals surface area contributed by atoms with E-state index in [2.05, 4.69) is 28.1 Å². The fourth-order valence-corrected chi connectivity index (χ4v) is 3.21. The average molecular weight is 389 g/mol. The molecule has 2 heterocycles. The third-order valence-corrected chi connectivity index (χ3v) is 4.77. The Morgan fingerprint density at radius 2 is 2.04 bits per heavy atom. The van der Waals surface area contributed by atoms with Gasteiger partial charge in [0.15, 0.2) is 0 Å². The van der Waals surface area contributed by atoms with Crippen LogP contribution in [-0.2, 0) is 12.6 Å². The Hall–Kier alpha value is -3.03. The highest BCUT2D eigenvalue weighted by Gasteiger charge is 2.34. The van der Waals surface area contributed by atoms with E-state index in [4.69, 9.17) is 4.52 Å². The van der Waals surface area contributed by atoms with Crippen molar-refractivity contribution in [1.29, 1.82) is 0 Å². The third kappa shape index (κ3) is 3.30. The number of fused-ring (bicyclic) bond motifs is 1. The molecule has 2 aromatic heterocycles. The number of hydrogen-bond donors (Lipinski definition) is 0. The normalized spacial score (nSPS) is 16.2. The van der Waals surface area contributed by atoms with Crippen LogP contribution >= 0.6 is 0 Å². The van der Waals surface area contributed by atoms with Crippen LogP contribution in [0.1, 0.15) is 30.2 Å². The molecule has 0 spiro atoms. The van der Waals surface area contributed by atoms with Crippen LogP contribution in [0.5, 0.6) is 0 Å². The van der Waals surface area contributed by atoms with E-state index < -0.39 is 17.6 Å². The maximum Gasteiger partial charge on any atom is 0.419 e. The molecule has 3 aromatic rings. The summed E-state index contributed by atoms with van der Waals surface area (Å²) in [6.07, 6.45) is 2.70. The molecule has 0 bridgehead atoms. The minimum absolute atomic E-state index is 0.00279. The number of hydrogen-bond acceptors (Lipinski definition) is 4. The molecule has 1 aliphatic rings. The quantitative estimate of drug-likeness (QED) is 0.551. The molecule has 144 valence electrons. The summed E-state index contributed by atoms with van der Waals surface area (Å²) in [5, 5.41) is 3.90. The Morgan fingerprint density at radius 1 is 1.21 bits per heavy atom. The Balaban J connectivity index is 1.72. The fourth-order valence-electron chi connectivity index (χ4n) is 3.21. The smallest absolute Gasteiger partial charge is 0.334 e. The first kappa shape index (κ1) is 18.3. The lowest BCUT2D eigenvalue weighted by atomic mass is 9.89. The molecular formula is C20H15F4N3O. The molecule has 0 N–H and O–H groups in total. The van der Waals surface area contributed by atoms with Gasteiger partial charge in [0.2, 0.25) is 5.82 Å². The van der Waals surface area contributed by atoms with Gasteiger partial charge in [0.25, 0.3) is 5.89 Å². The number of benzene rings is 1. The zero-order valence-electron chi connectivity index (χ0n) is 14.8. The minimum Gasteiger partial charge on any atom is -0.334 e. The molecule has 1 aromatic carbocycles. The van der Waals surface area contributed by atoms with Crippen molar-refractivity contribution in [1.82, 2.24) is 15.1 Å². The van der Waals surface area contributed by atoms with E-state index in [1.807, 2.05) is 6.08 Å². The van der Waals surface area contributed by atoms with Crippen molar-refractivity contribution in [3.63, 3.8) is 0 Å². The first-order valence-electron chi connectivity index (χ1n) is 8.74. The van der Waals surface area contributed by atoms with E-state index in [9.17, 15) is 17.6 Å². The van der Waals surface area contributed by atoms with Gasteiger partial charge < -0.3 is 4.52 Å². The van der Waals surface area contributed by atoms with Crippen molar-refractivity contribution in [2.24, 2.45) is 5.92 Å². The van der Waals surface area contributed by atoms with Crippen molar-refractivity contribution in [3.05, 3.63) is 59.2 Å². The summed E-state index contributed by atoms with van der Waals surface area (Å²) in [5.74, 6) is -0.811. The van der Waals surface area contributed by atoms with Crippen LogP contribution in [0.15, 0.2) is 41.1 Å². The van der Waals surface area contributed by atoms with Crippen molar-refractivity contribution < 1.29 is 22.1 Å². The second-order valence-electron chi connectivity index (χ2n) is 6.57. The van der Waals surface area contributed by atoms with Crippen molar-refractivity contribution in [2.75, 3.05) is 0 Å². The molecule has 4 rings (SSSR count). The SMILES string of the molecule is CC[C@@H]1C=Cc2c(-c3noc(-c4ccc(F)c(C(F)(F)F)c4)n3)ccnc2C1. The molecule has 0 unspecified atom stereocenters. The van der Waals surface area contributed by atoms with Crippen LogP contribution in [0.4, 0.5) is 17.6 Å². The molecule has 28 heavy (non-hydrogen) atoms. The molecule has 0 saturated carbocycles. The summed E-state index contributed by atoms with van der Waals surface area (Å²) in [6.45, 7) is 2.10. The molecule has 4 nitrogen and oxygen atoms in total. The van der Waals surface area contributed by atoms with Crippen molar-refractivity contribution >= 4 is 6.08 Å². The number of rotatable bonds is 3. The van der Waals surface area contributed by atoms with Crippen LogP contribution < -0.4 is 0 Å². The maximum atomic E-state index is 13.5. The Bertz CT molecular complexity index is 1060. The summed E-state index contributed by atoms with van der Waals surface area (Å²) in [5.41, 5.74) is 1.09. The van der Waals surface area contributed by atoms with Crippen LogP contribution in [-0.4, -0.2) is 15.1 Å². The number of halogens is 4. The lowest BCUT2D eigenvalue weighted by molar-refractivity contribution is -0.139. The molecule has 1 atom stereocenters. The lowest BCUT2D eigenvalue weighted by Crippen LogP contribution is -2.09. The highest BCUT2D eigenvalue weighted by Crippen LogP contribution is 2.35. The Kier molecular flexibility index (Phi) is 4.49. The predicted molar refractivity (Wildman–Crippen MR) is 94.4 cm³/mol. The van der Waals surface area contributed by atoms with Crippen molar-refractivity contribution in [2.45, 2.75) is 25.9 Å². The van der Waals surface area contributed by atoms with Gasteiger partial charge in [0, 0.05) is 28.6 Å². The molecule has 0 fully saturated rings. The second-order valence-corrected chi connectivity index (χ2v) is 6.57. The molecule has 8 heteroatoms. The molecule has 1 aliphatic carbocycles. The predicted octanol–water partition coefficient (Wildman–Crippen LogP) is 5.55. The van der Waals surface area contributed by atoms with Crippen LogP contribution in [0, 0.1) is 11.7 Å². The highest BCUT2D eigenvalue weighted by molar-refractivity contribution is 5.74. The van der Waals surface area contributed by atoms with E-state index >= 15 is 0 Å². The van der Waals surface area contributed by atoms with Gasteiger partial charge >= 0.3 is 6.18 Å². The van der Waals surface area contributed by atoms with Gasteiger partial charge in [-0.2, -0.15) is 18.2 Å². The molecule has 0 saturated heterocycles. The van der Waals surface area contributed by atoms with Gasteiger partial charge in [-0.3, -0.25) is 4.98 Å². The van der Waals surface area contributed by atoms with Crippen LogP contribution in [0.3, 0.4) is 0 Å². The summed E-state index contributed by atoms with van der Waals surface area (Å²) >= 11 is 0. The first-order chi connectivity index (χ1) is 13.4. The van der Waals surface area contributed by atoms with E-state index in [0.29, 0.717) is 17.5 Å². The van der Waals surface area contributed by atoms with E-state index in [1.165, 1.54) is 6.07 Å². The fraction of sp³-hybridized carbons (Fsp3) is 0.250. The average Bonchev–Trinajstić information content (AvgIpc) is 3.16. The lowest BCUT2D eigenvalue weighted by Gasteiger charge is -2.18. The van der Waals surface area contributed by atoms with Gasteiger partial charge in [0.05, 0.1) is 5.56 Å². The Morgan fingerprint density at radius 3 is 2.79 bits per heavy atom. The second kappa shape index (κ2) is 6.85. The van der Waals surface area contributed by atoms with E-state index in [1.54, 1.807) is 12.3 Å². The van der Waals surface area contributed by atoms with E-state index in [0.717, 1.165) is 30.2 Å². The largest absolute Gasteiger partial charge is 0.419 e. The van der Waals surface area contributed by atoms with Gasteiger partial charge in [0.1, 0.15) is 5.82 Å². The van der Waals surface area contributed by atoms with Crippen molar-refractivity contribution in [3.8, 4) is 22.8 Å². The zero-order valence-corrected chi connectivity index (χ0v) is 14.8.